The van der Waals surface area contributed by atoms with E-state index in [0.717, 1.165) is 0 Å². The molecule has 0 unspecified atom stereocenters. The van der Waals surface area contributed by atoms with Crippen molar-refractivity contribution >= 4 is 12.1 Å². The van der Waals surface area contributed by atoms with Crippen LogP contribution in [0.1, 0.15) is 51.2 Å². The predicted octanol–water partition coefficient (Wildman–Crippen LogP) is 4.44. The number of carbonyl (C=O) groups excluding carboxylic acids is 2. The highest BCUT2D eigenvalue weighted by Gasteiger charge is 2.47. The summed E-state index contributed by atoms with van der Waals surface area (Å²) in [6, 6.07) is 21.0. The Balaban J connectivity index is 1.71. The van der Waals surface area contributed by atoms with Gasteiger partial charge in [0.1, 0.15) is 11.7 Å². The van der Waals surface area contributed by atoms with Crippen LogP contribution in [-0.2, 0) is 14.3 Å². The minimum Gasteiger partial charge on any atom is -0.461 e. The van der Waals surface area contributed by atoms with Crippen LogP contribution in [0.15, 0.2) is 60.7 Å². The number of hydrogen-bond donors (Lipinski definition) is 0. The Morgan fingerprint density at radius 3 is 2.00 bits per heavy atom. The number of esters is 1. The molecule has 6 heteroatoms. The van der Waals surface area contributed by atoms with E-state index in [0.29, 0.717) is 26.1 Å². The molecule has 2 saturated heterocycles. The summed E-state index contributed by atoms with van der Waals surface area (Å²) in [7, 11) is 0. The maximum atomic E-state index is 13.1. The molecule has 1 amide bonds. The lowest BCUT2D eigenvalue weighted by molar-refractivity contribution is -0.145. The monoisotopic (exact) mass is 450 g/mol. The van der Waals surface area contributed by atoms with Crippen molar-refractivity contribution in [2.75, 3.05) is 19.6 Å². The summed E-state index contributed by atoms with van der Waals surface area (Å²) in [6.07, 6.45) is 0.259. The van der Waals surface area contributed by atoms with Gasteiger partial charge in [-0.2, -0.15) is 0 Å². The molecule has 2 aromatic carbocycles. The molecular weight excluding hydrogens is 416 g/mol. The number of ether oxygens (including phenoxy) is 2. The third-order valence-corrected chi connectivity index (χ3v) is 6.37. The predicted molar refractivity (Wildman–Crippen MR) is 127 cm³/mol. The van der Waals surface area contributed by atoms with E-state index < -0.39 is 5.60 Å². The average Bonchev–Trinajstić information content (AvgIpc) is 3.16. The molecule has 2 fully saturated rings. The maximum Gasteiger partial charge on any atom is 0.410 e. The first-order valence-electron chi connectivity index (χ1n) is 11.7. The first-order chi connectivity index (χ1) is 15.7. The number of fused-ring (bicyclic) bond motifs is 1. The molecule has 0 N–H and O–H groups in total. The second kappa shape index (κ2) is 9.56. The molecule has 2 aliphatic rings. The van der Waals surface area contributed by atoms with E-state index in [1.165, 1.54) is 18.1 Å². The summed E-state index contributed by atoms with van der Waals surface area (Å²) in [5.74, 6) is -0.195. The molecule has 2 aliphatic heterocycles. The molecule has 0 bridgehead atoms. The molecule has 0 radical (unpaired) electrons. The SMILES string of the molecule is CC(=O)O[C@H]1C[C@H]2CN(C(=O)OC(C)(C)C)C[C@@H](C(c3ccccc3)c3ccccc3)N2C1. The summed E-state index contributed by atoms with van der Waals surface area (Å²) in [5.41, 5.74) is 1.85. The van der Waals surface area contributed by atoms with Gasteiger partial charge in [0, 0.05) is 51.0 Å². The van der Waals surface area contributed by atoms with Gasteiger partial charge in [-0.3, -0.25) is 9.69 Å². The Labute approximate surface area is 196 Å². The molecule has 0 saturated carbocycles. The molecule has 3 atom stereocenters. The molecular formula is C27H34N2O4. The lowest BCUT2D eigenvalue weighted by Crippen LogP contribution is -2.60. The maximum absolute atomic E-state index is 13.1. The lowest BCUT2D eigenvalue weighted by Gasteiger charge is -2.46. The third kappa shape index (κ3) is 5.56. The minimum absolute atomic E-state index is 0.0293. The molecule has 2 heterocycles. The van der Waals surface area contributed by atoms with E-state index in [1.54, 1.807) is 0 Å². The Morgan fingerprint density at radius 1 is 0.909 bits per heavy atom. The number of amides is 1. The standard InChI is InChI=1S/C27H34N2O4/c1-19(30)32-23-15-22-16-28(26(31)33-27(2,3)4)18-24(29(22)17-23)25(20-11-7-5-8-12-20)21-13-9-6-10-14-21/h5-14,22-25H,15-18H2,1-4H3/t22-,23-,24-/m0/s1. The van der Waals surface area contributed by atoms with Crippen LogP contribution in [-0.4, -0.2) is 65.3 Å². The number of hydrogen-bond acceptors (Lipinski definition) is 5. The second-order valence-corrected chi connectivity index (χ2v) is 10.1. The highest BCUT2D eigenvalue weighted by Crippen LogP contribution is 2.38. The molecule has 0 spiro atoms. The smallest absolute Gasteiger partial charge is 0.410 e. The second-order valence-electron chi connectivity index (χ2n) is 10.1. The van der Waals surface area contributed by atoms with Crippen LogP contribution in [0.4, 0.5) is 4.79 Å². The van der Waals surface area contributed by atoms with Crippen molar-refractivity contribution in [3.63, 3.8) is 0 Å². The fraction of sp³-hybridized carbons (Fsp3) is 0.481. The number of rotatable bonds is 4. The Hall–Kier alpha value is -2.86. The third-order valence-electron chi connectivity index (χ3n) is 6.37. The molecule has 0 aliphatic carbocycles. The van der Waals surface area contributed by atoms with Crippen LogP contribution in [0.2, 0.25) is 0 Å². The zero-order chi connectivity index (χ0) is 23.6. The van der Waals surface area contributed by atoms with E-state index in [-0.39, 0.29) is 36.2 Å². The van der Waals surface area contributed by atoms with Gasteiger partial charge < -0.3 is 14.4 Å². The largest absolute Gasteiger partial charge is 0.461 e. The molecule has 176 valence electrons. The van der Waals surface area contributed by atoms with Gasteiger partial charge in [0.15, 0.2) is 0 Å². The summed E-state index contributed by atoms with van der Waals surface area (Å²) < 4.78 is 11.3. The number of benzene rings is 2. The van der Waals surface area contributed by atoms with Gasteiger partial charge in [-0.1, -0.05) is 60.7 Å². The summed E-state index contributed by atoms with van der Waals surface area (Å²) >= 11 is 0. The Kier molecular flexibility index (Phi) is 6.75. The molecule has 6 nitrogen and oxygen atoms in total. The van der Waals surface area contributed by atoms with Gasteiger partial charge >= 0.3 is 12.1 Å². The number of piperazine rings is 1. The van der Waals surface area contributed by atoms with E-state index in [1.807, 2.05) is 37.8 Å². The fourth-order valence-electron chi connectivity index (χ4n) is 5.19. The fourth-order valence-corrected chi connectivity index (χ4v) is 5.19. The van der Waals surface area contributed by atoms with Gasteiger partial charge in [-0.25, -0.2) is 4.79 Å². The summed E-state index contributed by atoms with van der Waals surface area (Å²) in [5, 5.41) is 0. The van der Waals surface area contributed by atoms with Gasteiger partial charge in [-0.15, -0.1) is 0 Å². The molecule has 33 heavy (non-hydrogen) atoms. The van der Waals surface area contributed by atoms with Crippen molar-refractivity contribution in [1.29, 1.82) is 0 Å². The summed E-state index contributed by atoms with van der Waals surface area (Å²) in [6.45, 7) is 8.92. The average molecular weight is 451 g/mol. The van der Waals surface area contributed by atoms with Crippen LogP contribution in [0.5, 0.6) is 0 Å². The van der Waals surface area contributed by atoms with Crippen molar-refractivity contribution < 1.29 is 19.1 Å². The summed E-state index contributed by atoms with van der Waals surface area (Å²) in [4.78, 5) is 29.1. The van der Waals surface area contributed by atoms with Crippen molar-refractivity contribution in [1.82, 2.24) is 9.80 Å². The molecule has 4 rings (SSSR count). The Morgan fingerprint density at radius 2 is 1.48 bits per heavy atom. The highest BCUT2D eigenvalue weighted by molar-refractivity contribution is 5.68. The van der Waals surface area contributed by atoms with E-state index >= 15 is 0 Å². The van der Waals surface area contributed by atoms with Crippen molar-refractivity contribution in [2.45, 2.75) is 63.8 Å². The first-order valence-corrected chi connectivity index (χ1v) is 11.7. The first kappa shape index (κ1) is 23.3. The topological polar surface area (TPSA) is 59.1 Å². The molecule has 0 aromatic heterocycles. The van der Waals surface area contributed by atoms with Crippen molar-refractivity contribution in [3.8, 4) is 0 Å². The number of carbonyl (C=O) groups is 2. The van der Waals surface area contributed by atoms with E-state index in [2.05, 4.69) is 53.4 Å². The van der Waals surface area contributed by atoms with Crippen LogP contribution in [0.25, 0.3) is 0 Å². The minimum atomic E-state index is -0.558. The lowest BCUT2D eigenvalue weighted by atomic mass is 9.82. The van der Waals surface area contributed by atoms with Crippen molar-refractivity contribution in [2.24, 2.45) is 0 Å². The zero-order valence-corrected chi connectivity index (χ0v) is 19.9. The van der Waals surface area contributed by atoms with Crippen LogP contribution >= 0.6 is 0 Å². The zero-order valence-electron chi connectivity index (χ0n) is 19.9. The van der Waals surface area contributed by atoms with Crippen LogP contribution < -0.4 is 0 Å². The molecule has 2 aromatic rings. The van der Waals surface area contributed by atoms with E-state index in [4.69, 9.17) is 9.47 Å². The van der Waals surface area contributed by atoms with Crippen LogP contribution in [0.3, 0.4) is 0 Å². The Bertz CT molecular complexity index is 918. The van der Waals surface area contributed by atoms with Gasteiger partial charge in [0.2, 0.25) is 0 Å². The van der Waals surface area contributed by atoms with Gasteiger partial charge in [0.05, 0.1) is 0 Å². The van der Waals surface area contributed by atoms with Gasteiger partial charge in [0.25, 0.3) is 0 Å². The highest BCUT2D eigenvalue weighted by atomic mass is 16.6. The van der Waals surface area contributed by atoms with E-state index in [9.17, 15) is 9.59 Å². The quantitative estimate of drug-likeness (QED) is 0.645. The normalized spacial score (nSPS) is 23.3. The van der Waals surface area contributed by atoms with Gasteiger partial charge in [-0.05, 0) is 31.9 Å². The number of nitrogens with zero attached hydrogens (tertiary/aromatic N) is 2. The van der Waals surface area contributed by atoms with Crippen LogP contribution in [0, 0.1) is 0 Å². The van der Waals surface area contributed by atoms with Crippen molar-refractivity contribution in [3.05, 3.63) is 71.8 Å².